The molecule has 1 aliphatic heterocycles. The van der Waals surface area contributed by atoms with Crippen LogP contribution in [0.15, 0.2) is 30.6 Å². The van der Waals surface area contributed by atoms with E-state index in [1.165, 1.54) is 11.1 Å². The van der Waals surface area contributed by atoms with Crippen molar-refractivity contribution < 1.29 is 9.53 Å². The molecule has 1 N–H and O–H groups in total. The molecule has 1 fully saturated rings. The van der Waals surface area contributed by atoms with Crippen molar-refractivity contribution in [1.29, 1.82) is 0 Å². The van der Waals surface area contributed by atoms with Crippen LogP contribution in [0.5, 0.6) is 0 Å². The second-order valence-electron chi connectivity index (χ2n) is 6.43. The highest BCUT2D eigenvalue weighted by atomic mass is 16.5. The predicted octanol–water partition coefficient (Wildman–Crippen LogP) is 1.07. The van der Waals surface area contributed by atoms with Gasteiger partial charge in [0.05, 0.1) is 13.2 Å². The largest absolute Gasteiger partial charge is 0.366 e. The van der Waals surface area contributed by atoms with Crippen molar-refractivity contribution >= 4 is 6.03 Å². The van der Waals surface area contributed by atoms with Crippen LogP contribution in [0.1, 0.15) is 23.1 Å². The SMILES string of the molecule is Cn1cnnc1C1CN(C(=O)NC2Cc3ccccc3C2)CCO1. The van der Waals surface area contributed by atoms with E-state index in [9.17, 15) is 4.79 Å². The number of hydrogen-bond donors (Lipinski definition) is 1. The molecule has 24 heavy (non-hydrogen) atoms. The van der Waals surface area contributed by atoms with E-state index in [1.54, 1.807) is 6.33 Å². The Morgan fingerprint density at radius 1 is 1.29 bits per heavy atom. The number of aromatic nitrogens is 3. The Bertz CT molecular complexity index is 719. The Labute approximate surface area is 140 Å². The molecule has 126 valence electrons. The molecule has 1 unspecified atom stereocenters. The molecule has 2 aliphatic rings. The summed E-state index contributed by atoms with van der Waals surface area (Å²) in [7, 11) is 1.88. The maximum absolute atomic E-state index is 12.6. The van der Waals surface area contributed by atoms with E-state index in [4.69, 9.17) is 4.74 Å². The van der Waals surface area contributed by atoms with Crippen molar-refractivity contribution in [3.05, 3.63) is 47.5 Å². The molecule has 0 radical (unpaired) electrons. The number of fused-ring (bicyclic) bond motifs is 1. The molecular weight excluding hydrogens is 306 g/mol. The lowest BCUT2D eigenvalue weighted by Gasteiger charge is -2.33. The first-order valence-electron chi connectivity index (χ1n) is 8.28. The number of hydrogen-bond acceptors (Lipinski definition) is 4. The molecule has 4 rings (SSSR count). The first-order valence-corrected chi connectivity index (χ1v) is 8.28. The predicted molar refractivity (Wildman–Crippen MR) is 87.4 cm³/mol. The average molecular weight is 327 g/mol. The number of rotatable bonds is 2. The quantitative estimate of drug-likeness (QED) is 0.895. The topological polar surface area (TPSA) is 72.3 Å². The van der Waals surface area contributed by atoms with Crippen LogP contribution in [-0.4, -0.2) is 51.4 Å². The monoisotopic (exact) mass is 327 g/mol. The Balaban J connectivity index is 1.38. The third-order valence-corrected chi connectivity index (χ3v) is 4.77. The van der Waals surface area contributed by atoms with Gasteiger partial charge in [-0.25, -0.2) is 4.79 Å². The molecule has 1 atom stereocenters. The number of benzene rings is 1. The van der Waals surface area contributed by atoms with Crippen molar-refractivity contribution in [2.75, 3.05) is 19.7 Å². The fourth-order valence-corrected chi connectivity index (χ4v) is 3.50. The molecule has 0 spiro atoms. The van der Waals surface area contributed by atoms with Gasteiger partial charge in [-0.2, -0.15) is 0 Å². The number of urea groups is 1. The maximum Gasteiger partial charge on any atom is 0.317 e. The molecule has 1 aromatic heterocycles. The Hall–Kier alpha value is -2.41. The number of aryl methyl sites for hydroxylation is 1. The summed E-state index contributed by atoms with van der Waals surface area (Å²) >= 11 is 0. The van der Waals surface area contributed by atoms with Crippen LogP contribution in [0, 0.1) is 0 Å². The van der Waals surface area contributed by atoms with Gasteiger partial charge in [-0.05, 0) is 24.0 Å². The van der Waals surface area contributed by atoms with Crippen molar-refractivity contribution in [2.24, 2.45) is 7.05 Å². The number of morpholine rings is 1. The van der Waals surface area contributed by atoms with Crippen LogP contribution < -0.4 is 5.32 Å². The van der Waals surface area contributed by atoms with E-state index in [1.807, 2.05) is 16.5 Å². The Morgan fingerprint density at radius 3 is 2.71 bits per heavy atom. The standard InChI is InChI=1S/C17H21N5O2/c1-21-11-18-20-16(21)15-10-22(6-7-24-15)17(23)19-14-8-12-4-2-3-5-13(12)9-14/h2-5,11,14-15H,6-10H2,1H3,(H,19,23). The Kier molecular flexibility index (Phi) is 3.93. The van der Waals surface area contributed by atoms with Gasteiger partial charge in [0, 0.05) is 19.6 Å². The second-order valence-corrected chi connectivity index (χ2v) is 6.43. The second kappa shape index (κ2) is 6.24. The number of carbonyl (C=O) groups excluding carboxylic acids is 1. The summed E-state index contributed by atoms with van der Waals surface area (Å²) < 4.78 is 7.59. The first-order chi connectivity index (χ1) is 11.7. The summed E-state index contributed by atoms with van der Waals surface area (Å²) in [6, 6.07) is 8.53. The van der Waals surface area contributed by atoms with Gasteiger partial charge in [0.25, 0.3) is 0 Å². The minimum Gasteiger partial charge on any atom is -0.366 e. The third kappa shape index (κ3) is 2.87. The van der Waals surface area contributed by atoms with E-state index < -0.39 is 0 Å². The minimum absolute atomic E-state index is 0.0247. The molecular formula is C17H21N5O2. The highest BCUT2D eigenvalue weighted by Gasteiger charge is 2.30. The van der Waals surface area contributed by atoms with Crippen molar-refractivity contribution in [3.63, 3.8) is 0 Å². The number of carbonyl (C=O) groups is 1. The van der Waals surface area contributed by atoms with Crippen molar-refractivity contribution in [2.45, 2.75) is 25.0 Å². The van der Waals surface area contributed by atoms with Gasteiger partial charge < -0.3 is 19.5 Å². The maximum atomic E-state index is 12.6. The van der Waals surface area contributed by atoms with Crippen molar-refractivity contribution in [3.8, 4) is 0 Å². The zero-order chi connectivity index (χ0) is 16.5. The van der Waals surface area contributed by atoms with Gasteiger partial charge >= 0.3 is 6.03 Å². The molecule has 1 aliphatic carbocycles. The zero-order valence-electron chi connectivity index (χ0n) is 13.7. The van der Waals surface area contributed by atoms with E-state index in [0.29, 0.717) is 19.7 Å². The van der Waals surface area contributed by atoms with Gasteiger partial charge in [0.2, 0.25) is 0 Å². The smallest absolute Gasteiger partial charge is 0.317 e. The minimum atomic E-state index is -0.224. The zero-order valence-corrected chi connectivity index (χ0v) is 13.7. The summed E-state index contributed by atoms with van der Waals surface area (Å²) in [6.07, 6.45) is 3.23. The van der Waals surface area contributed by atoms with Crippen LogP contribution in [0.4, 0.5) is 4.79 Å². The van der Waals surface area contributed by atoms with Gasteiger partial charge in [0.15, 0.2) is 5.82 Å². The molecule has 7 heteroatoms. The van der Waals surface area contributed by atoms with Crippen molar-refractivity contribution in [1.82, 2.24) is 25.0 Å². The van der Waals surface area contributed by atoms with E-state index in [2.05, 4.69) is 39.8 Å². The molecule has 2 aromatic rings. The number of amides is 2. The van der Waals surface area contributed by atoms with E-state index in [0.717, 1.165) is 18.7 Å². The van der Waals surface area contributed by atoms with Gasteiger partial charge in [0.1, 0.15) is 12.4 Å². The first kappa shape index (κ1) is 15.1. The summed E-state index contributed by atoms with van der Waals surface area (Å²) in [4.78, 5) is 14.4. The van der Waals surface area contributed by atoms with Gasteiger partial charge in [-0.1, -0.05) is 24.3 Å². The summed E-state index contributed by atoms with van der Waals surface area (Å²) in [6.45, 7) is 1.60. The lowest BCUT2D eigenvalue weighted by molar-refractivity contribution is -0.0217. The summed E-state index contributed by atoms with van der Waals surface area (Å²) in [5.41, 5.74) is 2.67. The number of nitrogens with one attached hydrogen (secondary N) is 1. The lowest BCUT2D eigenvalue weighted by Crippen LogP contribution is -2.50. The van der Waals surface area contributed by atoms with Crippen LogP contribution in [0.25, 0.3) is 0 Å². The summed E-state index contributed by atoms with van der Waals surface area (Å²) in [5.74, 6) is 0.751. The number of nitrogens with zero attached hydrogens (tertiary/aromatic N) is 4. The Morgan fingerprint density at radius 2 is 2.04 bits per heavy atom. The molecule has 7 nitrogen and oxygen atoms in total. The molecule has 2 heterocycles. The van der Waals surface area contributed by atoms with Crippen LogP contribution in [0.2, 0.25) is 0 Å². The van der Waals surface area contributed by atoms with Crippen LogP contribution in [-0.2, 0) is 24.6 Å². The molecule has 1 aromatic carbocycles. The normalized spacial score (nSPS) is 20.9. The third-order valence-electron chi connectivity index (χ3n) is 4.77. The highest BCUT2D eigenvalue weighted by molar-refractivity contribution is 5.75. The lowest BCUT2D eigenvalue weighted by atomic mass is 10.1. The molecule has 0 saturated carbocycles. The number of ether oxygens (including phenoxy) is 1. The molecule has 1 saturated heterocycles. The molecule has 0 bridgehead atoms. The molecule has 2 amide bonds. The van der Waals surface area contributed by atoms with Crippen LogP contribution >= 0.6 is 0 Å². The average Bonchev–Trinajstić information content (AvgIpc) is 3.20. The van der Waals surface area contributed by atoms with Gasteiger partial charge in [-0.3, -0.25) is 0 Å². The fraction of sp³-hybridized carbons (Fsp3) is 0.471. The van der Waals surface area contributed by atoms with E-state index >= 15 is 0 Å². The van der Waals surface area contributed by atoms with Crippen LogP contribution in [0.3, 0.4) is 0 Å². The summed E-state index contributed by atoms with van der Waals surface area (Å²) in [5, 5.41) is 11.1. The highest BCUT2D eigenvalue weighted by Crippen LogP contribution is 2.23. The van der Waals surface area contributed by atoms with Gasteiger partial charge in [-0.15, -0.1) is 10.2 Å². The van der Waals surface area contributed by atoms with E-state index in [-0.39, 0.29) is 18.2 Å². The fourth-order valence-electron chi connectivity index (χ4n) is 3.50.